The summed E-state index contributed by atoms with van der Waals surface area (Å²) in [5.74, 6) is -1.59. The Morgan fingerprint density at radius 3 is 2.50 bits per heavy atom. The topological polar surface area (TPSA) is 57.6 Å². The summed E-state index contributed by atoms with van der Waals surface area (Å²) in [5, 5.41) is 9.16. The van der Waals surface area contributed by atoms with Crippen molar-refractivity contribution in [2.24, 2.45) is 5.41 Å². The van der Waals surface area contributed by atoms with Gasteiger partial charge in [-0.15, -0.1) is 0 Å². The molecule has 1 N–H and O–H groups in total. The number of aliphatic carboxylic acids is 1. The minimum Gasteiger partial charge on any atom is -0.481 e. The molecule has 0 radical (unpaired) electrons. The maximum absolute atomic E-state index is 13.4. The lowest BCUT2D eigenvalue weighted by Crippen LogP contribution is -2.45. The molecule has 1 saturated heterocycles. The highest BCUT2D eigenvalue weighted by atomic mass is 79.9. The molecule has 2 rings (SSSR count). The maximum Gasteiger partial charge on any atom is 0.309 e. The van der Waals surface area contributed by atoms with E-state index in [1.54, 1.807) is 17.9 Å². The number of halogens is 2. The largest absolute Gasteiger partial charge is 0.481 e. The molecule has 6 heteroatoms. The normalized spacial score (nSPS) is 17.9. The summed E-state index contributed by atoms with van der Waals surface area (Å²) >= 11 is 3.08. The Bertz CT molecular complexity index is 553. The molecule has 1 aromatic carbocycles. The van der Waals surface area contributed by atoms with Gasteiger partial charge in [-0.3, -0.25) is 9.59 Å². The van der Waals surface area contributed by atoms with Gasteiger partial charge in [-0.25, -0.2) is 4.39 Å². The Balaban J connectivity index is 2.13. The van der Waals surface area contributed by atoms with Crippen LogP contribution in [-0.2, 0) is 4.79 Å². The number of carboxylic acids is 1. The molecular formula is C14H15BrFNO3. The van der Waals surface area contributed by atoms with Gasteiger partial charge in [0.05, 0.1) is 15.5 Å². The van der Waals surface area contributed by atoms with Crippen molar-refractivity contribution in [2.45, 2.75) is 19.8 Å². The van der Waals surface area contributed by atoms with Crippen molar-refractivity contribution in [1.29, 1.82) is 0 Å². The van der Waals surface area contributed by atoms with Gasteiger partial charge in [0.2, 0.25) is 0 Å². The molecule has 0 saturated carbocycles. The van der Waals surface area contributed by atoms with Crippen LogP contribution in [0.3, 0.4) is 0 Å². The fourth-order valence-electron chi connectivity index (χ4n) is 2.26. The quantitative estimate of drug-likeness (QED) is 0.898. The Kier molecular flexibility index (Phi) is 4.13. The highest BCUT2D eigenvalue weighted by Gasteiger charge is 2.38. The first-order valence-electron chi connectivity index (χ1n) is 6.32. The van der Waals surface area contributed by atoms with E-state index in [4.69, 9.17) is 5.11 Å². The molecule has 0 aliphatic carbocycles. The van der Waals surface area contributed by atoms with Crippen LogP contribution in [0.1, 0.15) is 30.1 Å². The fraction of sp³-hybridized carbons (Fsp3) is 0.429. The third-order valence-corrected chi connectivity index (χ3v) is 4.66. The van der Waals surface area contributed by atoms with Gasteiger partial charge in [0.15, 0.2) is 0 Å². The minimum atomic E-state index is -0.837. The van der Waals surface area contributed by atoms with Gasteiger partial charge >= 0.3 is 5.97 Å². The summed E-state index contributed by atoms with van der Waals surface area (Å²) < 4.78 is 13.6. The number of benzene rings is 1. The molecule has 1 fully saturated rings. The first kappa shape index (κ1) is 15.0. The summed E-state index contributed by atoms with van der Waals surface area (Å²) in [6, 6.07) is 4.32. The molecule has 4 nitrogen and oxygen atoms in total. The molecule has 0 aromatic heterocycles. The van der Waals surface area contributed by atoms with Crippen molar-refractivity contribution >= 4 is 27.8 Å². The predicted molar refractivity (Wildman–Crippen MR) is 75.0 cm³/mol. The number of rotatable bonds is 2. The van der Waals surface area contributed by atoms with Gasteiger partial charge in [0, 0.05) is 13.1 Å². The van der Waals surface area contributed by atoms with E-state index in [2.05, 4.69) is 15.9 Å². The molecule has 1 aromatic rings. The second-order valence-corrected chi connectivity index (χ2v) is 6.05. The van der Waals surface area contributed by atoms with Crippen LogP contribution >= 0.6 is 15.9 Å². The van der Waals surface area contributed by atoms with Crippen LogP contribution in [0.15, 0.2) is 22.7 Å². The highest BCUT2D eigenvalue weighted by molar-refractivity contribution is 9.10. The first-order valence-corrected chi connectivity index (χ1v) is 7.11. The van der Waals surface area contributed by atoms with Crippen LogP contribution in [0.25, 0.3) is 0 Å². The highest BCUT2D eigenvalue weighted by Crippen LogP contribution is 2.32. The summed E-state index contributed by atoms with van der Waals surface area (Å²) in [7, 11) is 0. The van der Waals surface area contributed by atoms with E-state index >= 15 is 0 Å². The summed E-state index contributed by atoms with van der Waals surface area (Å²) in [4.78, 5) is 25.1. The molecule has 0 bridgehead atoms. The number of carbonyl (C=O) groups is 2. The molecular weight excluding hydrogens is 329 g/mol. The van der Waals surface area contributed by atoms with E-state index < -0.39 is 17.2 Å². The lowest BCUT2D eigenvalue weighted by atomic mass is 9.80. The fourth-order valence-corrected chi connectivity index (χ4v) is 2.69. The zero-order valence-electron chi connectivity index (χ0n) is 11.0. The standard InChI is InChI=1S/C14H15BrFNO3/c1-14(13(19)20)5-7-17(8-6-14)12(18)9-3-2-4-10(16)11(9)15/h2-4H,5-8H2,1H3,(H,19,20). The smallest absolute Gasteiger partial charge is 0.309 e. The molecule has 108 valence electrons. The van der Waals surface area contributed by atoms with Crippen molar-refractivity contribution in [1.82, 2.24) is 4.90 Å². The number of likely N-dealkylation sites (tertiary alicyclic amines) is 1. The van der Waals surface area contributed by atoms with Crippen molar-refractivity contribution in [3.63, 3.8) is 0 Å². The third kappa shape index (κ3) is 2.70. The van der Waals surface area contributed by atoms with E-state index in [1.165, 1.54) is 12.1 Å². The summed E-state index contributed by atoms with van der Waals surface area (Å²) in [6.07, 6.45) is 0.808. The van der Waals surface area contributed by atoms with Crippen molar-refractivity contribution < 1.29 is 19.1 Å². The van der Waals surface area contributed by atoms with Gasteiger partial charge in [-0.05, 0) is 47.8 Å². The van der Waals surface area contributed by atoms with Crippen molar-refractivity contribution in [3.8, 4) is 0 Å². The monoisotopic (exact) mass is 343 g/mol. The summed E-state index contributed by atoms with van der Waals surface area (Å²) in [5.41, 5.74) is -0.514. The average molecular weight is 344 g/mol. The number of piperidine rings is 1. The van der Waals surface area contributed by atoms with E-state index in [0.29, 0.717) is 25.9 Å². The molecule has 0 unspecified atom stereocenters. The Morgan fingerprint density at radius 2 is 1.95 bits per heavy atom. The second-order valence-electron chi connectivity index (χ2n) is 5.26. The van der Waals surface area contributed by atoms with Crippen LogP contribution in [0.4, 0.5) is 4.39 Å². The zero-order chi connectivity index (χ0) is 14.9. The lowest BCUT2D eigenvalue weighted by Gasteiger charge is -2.36. The zero-order valence-corrected chi connectivity index (χ0v) is 12.6. The first-order chi connectivity index (χ1) is 9.35. The number of amides is 1. The lowest BCUT2D eigenvalue weighted by molar-refractivity contribution is -0.150. The summed E-state index contributed by atoms with van der Waals surface area (Å²) in [6.45, 7) is 2.42. The number of carboxylic acid groups (broad SMARTS) is 1. The molecule has 1 aliphatic rings. The van der Waals surface area contributed by atoms with Crippen LogP contribution in [0.2, 0.25) is 0 Å². The molecule has 1 aliphatic heterocycles. The second kappa shape index (κ2) is 5.52. The molecule has 0 spiro atoms. The van der Waals surface area contributed by atoms with Gasteiger partial charge in [-0.2, -0.15) is 0 Å². The van der Waals surface area contributed by atoms with Crippen molar-refractivity contribution in [2.75, 3.05) is 13.1 Å². The van der Waals surface area contributed by atoms with Gasteiger partial charge < -0.3 is 10.0 Å². The number of nitrogens with zero attached hydrogens (tertiary/aromatic N) is 1. The average Bonchev–Trinajstić information content (AvgIpc) is 2.42. The van der Waals surface area contributed by atoms with Crippen LogP contribution in [-0.4, -0.2) is 35.0 Å². The van der Waals surface area contributed by atoms with E-state index in [1.807, 2.05) is 0 Å². The molecule has 1 amide bonds. The van der Waals surface area contributed by atoms with Crippen LogP contribution in [0.5, 0.6) is 0 Å². The molecule has 0 atom stereocenters. The van der Waals surface area contributed by atoms with E-state index in [9.17, 15) is 14.0 Å². The number of hydrogen-bond acceptors (Lipinski definition) is 2. The SMILES string of the molecule is CC1(C(=O)O)CCN(C(=O)c2cccc(F)c2Br)CC1. The Morgan fingerprint density at radius 1 is 1.35 bits per heavy atom. The van der Waals surface area contributed by atoms with Gasteiger partial charge in [0.25, 0.3) is 5.91 Å². The molecule has 1 heterocycles. The van der Waals surface area contributed by atoms with E-state index in [-0.39, 0.29) is 15.9 Å². The minimum absolute atomic E-state index is 0.150. The number of carbonyl (C=O) groups excluding carboxylic acids is 1. The number of hydrogen-bond donors (Lipinski definition) is 1. The Hall–Kier alpha value is -1.43. The van der Waals surface area contributed by atoms with Crippen LogP contribution in [0, 0.1) is 11.2 Å². The van der Waals surface area contributed by atoms with E-state index in [0.717, 1.165) is 0 Å². The molecule has 20 heavy (non-hydrogen) atoms. The van der Waals surface area contributed by atoms with Crippen molar-refractivity contribution in [3.05, 3.63) is 34.1 Å². The Labute approximate surface area is 124 Å². The van der Waals surface area contributed by atoms with Gasteiger partial charge in [0.1, 0.15) is 5.82 Å². The van der Waals surface area contributed by atoms with Crippen LogP contribution < -0.4 is 0 Å². The third-order valence-electron chi connectivity index (χ3n) is 3.85. The predicted octanol–water partition coefficient (Wildman–Crippen LogP) is 2.92. The van der Waals surface area contributed by atoms with Gasteiger partial charge in [-0.1, -0.05) is 6.07 Å². The maximum atomic E-state index is 13.4.